The van der Waals surface area contributed by atoms with E-state index in [-0.39, 0.29) is 18.9 Å². The minimum Gasteiger partial charge on any atom is -0.493 e. The van der Waals surface area contributed by atoms with Crippen molar-refractivity contribution in [1.29, 1.82) is 0 Å². The number of benzene rings is 1. The van der Waals surface area contributed by atoms with Gasteiger partial charge in [-0.2, -0.15) is 0 Å². The second-order valence-electron chi connectivity index (χ2n) is 4.11. The highest BCUT2D eigenvalue weighted by atomic mass is 32.1. The van der Waals surface area contributed by atoms with Crippen LogP contribution in [-0.2, 0) is 9.53 Å². The number of carbonyl (C=O) groups is 2. The van der Waals surface area contributed by atoms with Crippen LogP contribution in [0.2, 0.25) is 0 Å². The minimum atomic E-state index is -0.458. The van der Waals surface area contributed by atoms with E-state index in [2.05, 4.69) is 10.1 Å². The normalized spacial score (nSPS) is 9.95. The summed E-state index contributed by atoms with van der Waals surface area (Å²) in [6.45, 7) is 0.271. The number of rotatable bonds is 6. The van der Waals surface area contributed by atoms with Gasteiger partial charge in [-0.05, 0) is 23.6 Å². The van der Waals surface area contributed by atoms with Gasteiger partial charge < -0.3 is 14.8 Å². The van der Waals surface area contributed by atoms with Crippen molar-refractivity contribution >= 4 is 28.9 Å². The van der Waals surface area contributed by atoms with Crippen LogP contribution in [-0.4, -0.2) is 25.6 Å². The van der Waals surface area contributed by atoms with E-state index < -0.39 is 5.97 Å². The third-order valence-electron chi connectivity index (χ3n) is 2.65. The number of hydrogen-bond acceptors (Lipinski definition) is 5. The largest absolute Gasteiger partial charge is 0.493 e. The molecule has 0 atom stereocenters. The zero-order chi connectivity index (χ0) is 15.1. The molecule has 1 aromatic heterocycles. The zero-order valence-electron chi connectivity index (χ0n) is 11.5. The SMILES string of the molecule is COC(=O)c1sccc1NC(=O)CCOc1ccccc1. The van der Waals surface area contributed by atoms with Crippen molar-refractivity contribution in [2.45, 2.75) is 6.42 Å². The lowest BCUT2D eigenvalue weighted by Crippen LogP contribution is -2.16. The number of amides is 1. The number of carbonyl (C=O) groups excluding carboxylic acids is 2. The van der Waals surface area contributed by atoms with Crippen LogP contribution in [0.15, 0.2) is 41.8 Å². The molecule has 1 heterocycles. The Balaban J connectivity index is 1.82. The number of anilines is 1. The van der Waals surface area contributed by atoms with Crippen LogP contribution in [0.3, 0.4) is 0 Å². The predicted molar refractivity (Wildman–Crippen MR) is 80.8 cm³/mol. The number of methoxy groups -OCH3 is 1. The van der Waals surface area contributed by atoms with E-state index in [0.717, 1.165) is 5.75 Å². The van der Waals surface area contributed by atoms with Crippen molar-refractivity contribution < 1.29 is 19.1 Å². The molecule has 6 heteroatoms. The quantitative estimate of drug-likeness (QED) is 0.833. The van der Waals surface area contributed by atoms with Crippen LogP contribution < -0.4 is 10.1 Å². The van der Waals surface area contributed by atoms with Crippen molar-refractivity contribution in [1.82, 2.24) is 0 Å². The fourth-order valence-corrected chi connectivity index (χ4v) is 2.42. The van der Waals surface area contributed by atoms with Crippen molar-refractivity contribution in [3.05, 3.63) is 46.7 Å². The Kier molecular flexibility index (Phi) is 5.34. The van der Waals surface area contributed by atoms with Crippen molar-refractivity contribution in [2.24, 2.45) is 0 Å². The van der Waals surface area contributed by atoms with Crippen LogP contribution in [0.5, 0.6) is 5.75 Å². The fourth-order valence-electron chi connectivity index (χ4n) is 1.65. The first-order chi connectivity index (χ1) is 10.2. The number of thiophene rings is 1. The number of para-hydroxylation sites is 1. The van der Waals surface area contributed by atoms with Crippen molar-refractivity contribution in [3.8, 4) is 5.75 Å². The van der Waals surface area contributed by atoms with Gasteiger partial charge in [0.05, 0.1) is 25.8 Å². The lowest BCUT2D eigenvalue weighted by Gasteiger charge is -2.07. The smallest absolute Gasteiger partial charge is 0.350 e. The van der Waals surface area contributed by atoms with E-state index in [1.807, 2.05) is 30.3 Å². The molecule has 1 aromatic carbocycles. The van der Waals surface area contributed by atoms with Gasteiger partial charge in [-0.3, -0.25) is 4.79 Å². The van der Waals surface area contributed by atoms with Crippen LogP contribution in [0.4, 0.5) is 5.69 Å². The first-order valence-corrected chi connectivity index (χ1v) is 7.22. The second-order valence-corrected chi connectivity index (χ2v) is 5.03. The lowest BCUT2D eigenvalue weighted by atomic mass is 10.3. The van der Waals surface area contributed by atoms with Crippen LogP contribution in [0, 0.1) is 0 Å². The van der Waals surface area contributed by atoms with E-state index in [4.69, 9.17) is 4.74 Å². The summed E-state index contributed by atoms with van der Waals surface area (Å²) in [5.41, 5.74) is 0.469. The molecule has 0 bridgehead atoms. The Morgan fingerprint density at radius 1 is 1.19 bits per heavy atom. The highest BCUT2D eigenvalue weighted by molar-refractivity contribution is 7.12. The predicted octanol–water partition coefficient (Wildman–Crippen LogP) is 2.94. The molecule has 0 fully saturated rings. The topological polar surface area (TPSA) is 64.6 Å². The molecular weight excluding hydrogens is 290 g/mol. The number of ether oxygens (including phenoxy) is 2. The van der Waals surface area contributed by atoms with Crippen molar-refractivity contribution in [3.63, 3.8) is 0 Å². The van der Waals surface area contributed by atoms with Gasteiger partial charge in [0.25, 0.3) is 0 Å². The Morgan fingerprint density at radius 3 is 2.67 bits per heavy atom. The molecule has 0 aliphatic rings. The molecule has 0 saturated heterocycles. The number of hydrogen-bond donors (Lipinski definition) is 1. The van der Waals surface area contributed by atoms with Crippen LogP contribution in [0.25, 0.3) is 0 Å². The van der Waals surface area contributed by atoms with Gasteiger partial charge in [0.15, 0.2) is 0 Å². The molecule has 0 aliphatic heterocycles. The molecule has 2 rings (SSSR count). The highest BCUT2D eigenvalue weighted by Crippen LogP contribution is 2.23. The fraction of sp³-hybridized carbons (Fsp3) is 0.200. The third kappa shape index (κ3) is 4.32. The zero-order valence-corrected chi connectivity index (χ0v) is 12.3. The van der Waals surface area contributed by atoms with E-state index in [1.54, 1.807) is 11.4 Å². The highest BCUT2D eigenvalue weighted by Gasteiger charge is 2.15. The molecule has 2 aromatic rings. The molecule has 1 N–H and O–H groups in total. The lowest BCUT2D eigenvalue weighted by molar-refractivity contribution is -0.116. The number of nitrogens with one attached hydrogen (secondary N) is 1. The van der Waals surface area contributed by atoms with Gasteiger partial charge in [0.1, 0.15) is 10.6 Å². The maximum Gasteiger partial charge on any atom is 0.350 e. The molecule has 0 saturated carbocycles. The molecular formula is C15H15NO4S. The standard InChI is InChI=1S/C15H15NO4S/c1-19-15(18)14-12(8-10-21-14)16-13(17)7-9-20-11-5-3-2-4-6-11/h2-6,8,10H,7,9H2,1H3,(H,16,17). The summed E-state index contributed by atoms with van der Waals surface area (Å²) in [5.74, 6) is 0.0476. The molecule has 5 nitrogen and oxygen atoms in total. The summed E-state index contributed by atoms with van der Waals surface area (Å²) in [4.78, 5) is 23.7. The van der Waals surface area contributed by atoms with Gasteiger partial charge in [0.2, 0.25) is 5.91 Å². The van der Waals surface area contributed by atoms with Gasteiger partial charge in [-0.1, -0.05) is 18.2 Å². The first-order valence-electron chi connectivity index (χ1n) is 6.34. The Hall–Kier alpha value is -2.34. The molecule has 110 valence electrons. The summed E-state index contributed by atoms with van der Waals surface area (Å²) >= 11 is 1.22. The average molecular weight is 305 g/mol. The summed E-state index contributed by atoms with van der Waals surface area (Å²) in [6.07, 6.45) is 0.200. The summed E-state index contributed by atoms with van der Waals surface area (Å²) in [5, 5.41) is 4.41. The second kappa shape index (κ2) is 7.44. The Bertz CT molecular complexity index is 609. The first kappa shape index (κ1) is 15.1. The Morgan fingerprint density at radius 2 is 1.95 bits per heavy atom. The van der Waals surface area contributed by atoms with E-state index in [9.17, 15) is 9.59 Å². The third-order valence-corrected chi connectivity index (χ3v) is 3.55. The van der Waals surface area contributed by atoms with E-state index in [0.29, 0.717) is 10.6 Å². The van der Waals surface area contributed by atoms with Gasteiger partial charge in [0, 0.05) is 0 Å². The molecule has 0 aliphatic carbocycles. The van der Waals surface area contributed by atoms with Gasteiger partial charge in [-0.25, -0.2) is 4.79 Å². The Labute approximate surface area is 126 Å². The van der Waals surface area contributed by atoms with E-state index >= 15 is 0 Å². The number of esters is 1. The maximum atomic E-state index is 11.8. The monoisotopic (exact) mass is 305 g/mol. The molecule has 0 spiro atoms. The van der Waals surface area contributed by atoms with Gasteiger partial charge >= 0.3 is 5.97 Å². The van der Waals surface area contributed by atoms with Gasteiger partial charge in [-0.15, -0.1) is 11.3 Å². The molecule has 21 heavy (non-hydrogen) atoms. The van der Waals surface area contributed by atoms with Crippen LogP contribution >= 0.6 is 11.3 Å². The summed E-state index contributed by atoms with van der Waals surface area (Å²) < 4.78 is 10.1. The average Bonchev–Trinajstić information content (AvgIpc) is 2.95. The maximum absolute atomic E-state index is 11.8. The summed E-state index contributed by atoms with van der Waals surface area (Å²) in [7, 11) is 1.31. The van der Waals surface area contributed by atoms with Crippen molar-refractivity contribution in [2.75, 3.05) is 19.0 Å². The summed E-state index contributed by atoms with van der Waals surface area (Å²) in [6, 6.07) is 10.9. The van der Waals surface area contributed by atoms with E-state index in [1.165, 1.54) is 18.4 Å². The molecule has 1 amide bonds. The molecule has 0 unspecified atom stereocenters. The minimum absolute atomic E-state index is 0.200. The van der Waals surface area contributed by atoms with Crippen LogP contribution in [0.1, 0.15) is 16.1 Å². The molecule has 0 radical (unpaired) electrons.